The van der Waals surface area contributed by atoms with Gasteiger partial charge in [-0.25, -0.2) is 0 Å². The third-order valence-electron chi connectivity index (χ3n) is 3.93. The van der Waals surface area contributed by atoms with Crippen LogP contribution in [-0.4, -0.2) is 13.2 Å². The van der Waals surface area contributed by atoms with Gasteiger partial charge in [0.05, 0.1) is 12.0 Å². The highest BCUT2D eigenvalue weighted by Crippen LogP contribution is 2.40. The summed E-state index contributed by atoms with van der Waals surface area (Å²) in [5.74, 6) is -2.08. The van der Waals surface area contributed by atoms with Gasteiger partial charge < -0.3 is 18.6 Å². The minimum Gasteiger partial charge on any atom is -0.490 e. The Bertz CT molecular complexity index is 1130. The molecule has 0 spiro atoms. The number of hydrogen-bond donors (Lipinski definition) is 0. The van der Waals surface area contributed by atoms with E-state index in [0.29, 0.717) is 0 Å². The minimum atomic E-state index is -4.96. The average Bonchev–Trinajstić information content (AvgIpc) is 2.69. The van der Waals surface area contributed by atoms with Crippen LogP contribution in [0, 0.1) is 0 Å². The van der Waals surface area contributed by atoms with Crippen LogP contribution in [-0.2, 0) is 6.18 Å². The van der Waals surface area contributed by atoms with Crippen molar-refractivity contribution in [3.63, 3.8) is 0 Å². The van der Waals surface area contributed by atoms with Crippen LogP contribution in [0.15, 0.2) is 63.8 Å². The van der Waals surface area contributed by atoms with Gasteiger partial charge in [0.2, 0.25) is 11.2 Å². The normalized spacial score (nSPS) is 11.4. The smallest absolute Gasteiger partial charge is 0.453 e. The highest BCUT2D eigenvalue weighted by Gasteiger charge is 2.40. The summed E-state index contributed by atoms with van der Waals surface area (Å²) in [5, 5.41) is -0.0745. The van der Waals surface area contributed by atoms with E-state index < -0.39 is 23.1 Å². The summed E-state index contributed by atoms with van der Waals surface area (Å²) in [7, 11) is 0. The van der Waals surface area contributed by atoms with Crippen molar-refractivity contribution in [2.24, 2.45) is 0 Å². The van der Waals surface area contributed by atoms with Crippen LogP contribution in [0.1, 0.15) is 19.6 Å². The Labute approximate surface area is 170 Å². The molecule has 3 aromatic rings. The Morgan fingerprint density at radius 2 is 1.80 bits per heavy atom. The molecule has 0 amide bonds. The average molecular weight is 420 g/mol. The van der Waals surface area contributed by atoms with E-state index in [4.69, 9.17) is 18.6 Å². The summed E-state index contributed by atoms with van der Waals surface area (Å²) in [5.41, 5.74) is -0.498. The van der Waals surface area contributed by atoms with Crippen molar-refractivity contribution in [1.82, 2.24) is 0 Å². The number of alkyl halides is 3. The number of para-hydroxylation sites is 2. The molecule has 0 N–H and O–H groups in total. The first-order chi connectivity index (χ1) is 14.2. The predicted octanol–water partition coefficient (Wildman–Crippen LogP) is 5.96. The lowest BCUT2D eigenvalue weighted by molar-refractivity contribution is -0.154. The first kappa shape index (κ1) is 21.3. The monoisotopic (exact) mass is 420 g/mol. The lowest BCUT2D eigenvalue weighted by Gasteiger charge is -2.15. The number of fused-ring (bicyclic) bond motifs is 1. The van der Waals surface area contributed by atoms with Crippen LogP contribution in [0.5, 0.6) is 23.0 Å². The number of ether oxygens (including phenoxy) is 3. The highest BCUT2D eigenvalue weighted by molar-refractivity contribution is 5.79. The van der Waals surface area contributed by atoms with Crippen molar-refractivity contribution in [3.8, 4) is 23.0 Å². The van der Waals surface area contributed by atoms with Crippen molar-refractivity contribution < 1.29 is 31.8 Å². The third-order valence-corrected chi connectivity index (χ3v) is 3.93. The van der Waals surface area contributed by atoms with Gasteiger partial charge in [-0.05, 0) is 43.7 Å². The van der Waals surface area contributed by atoms with E-state index in [9.17, 15) is 18.0 Å². The van der Waals surface area contributed by atoms with Crippen LogP contribution in [0.25, 0.3) is 11.0 Å². The molecule has 0 radical (unpaired) electrons. The fourth-order valence-electron chi connectivity index (χ4n) is 2.65. The van der Waals surface area contributed by atoms with Crippen LogP contribution in [0.4, 0.5) is 13.2 Å². The van der Waals surface area contributed by atoms with E-state index in [2.05, 4.69) is 6.58 Å². The van der Waals surface area contributed by atoms with Crippen LogP contribution >= 0.6 is 0 Å². The molecular weight excluding hydrogens is 401 g/mol. The molecule has 0 aliphatic heterocycles. The molecular formula is C22H19F3O5. The Hall–Kier alpha value is -3.42. The zero-order chi connectivity index (χ0) is 21.9. The zero-order valence-electron chi connectivity index (χ0n) is 16.3. The first-order valence-corrected chi connectivity index (χ1v) is 9.05. The number of rotatable bonds is 7. The molecule has 0 fully saturated rings. The van der Waals surface area contributed by atoms with E-state index in [1.165, 1.54) is 30.3 Å². The summed E-state index contributed by atoms with van der Waals surface area (Å²) in [6.45, 7) is 7.60. The SMILES string of the molecule is C=C(C)COc1ccc2c(=O)c(Oc3ccccc3OCC)c(C(F)(F)F)oc2c1. The van der Waals surface area contributed by atoms with Gasteiger partial charge >= 0.3 is 6.18 Å². The van der Waals surface area contributed by atoms with Crippen molar-refractivity contribution in [3.05, 3.63) is 70.6 Å². The molecule has 1 aromatic heterocycles. The van der Waals surface area contributed by atoms with Crippen molar-refractivity contribution in [2.75, 3.05) is 13.2 Å². The minimum absolute atomic E-state index is 0.0297. The molecule has 30 heavy (non-hydrogen) atoms. The maximum atomic E-state index is 13.7. The van der Waals surface area contributed by atoms with Crippen molar-refractivity contribution in [2.45, 2.75) is 20.0 Å². The second kappa shape index (κ2) is 8.52. The molecule has 5 nitrogen and oxygen atoms in total. The molecule has 0 aliphatic rings. The number of hydrogen-bond acceptors (Lipinski definition) is 5. The summed E-state index contributed by atoms with van der Waals surface area (Å²) in [6, 6.07) is 10.1. The van der Waals surface area contributed by atoms with Crippen LogP contribution in [0.3, 0.4) is 0 Å². The van der Waals surface area contributed by atoms with Crippen LogP contribution < -0.4 is 19.6 Å². The molecule has 0 unspecified atom stereocenters. The van der Waals surface area contributed by atoms with Gasteiger partial charge in [0.15, 0.2) is 11.5 Å². The van der Waals surface area contributed by atoms with Crippen LogP contribution in [0.2, 0.25) is 0 Å². The van der Waals surface area contributed by atoms with E-state index in [1.807, 2.05) is 0 Å². The van der Waals surface area contributed by atoms with Gasteiger partial charge in [-0.1, -0.05) is 18.7 Å². The molecule has 158 valence electrons. The van der Waals surface area contributed by atoms with Gasteiger partial charge in [0.1, 0.15) is 17.9 Å². The summed E-state index contributed by atoms with van der Waals surface area (Å²) >= 11 is 0. The fourth-order valence-corrected chi connectivity index (χ4v) is 2.65. The summed E-state index contributed by atoms with van der Waals surface area (Å²) < 4.78 is 62.2. The fraction of sp³-hybridized carbons (Fsp3) is 0.227. The lowest BCUT2D eigenvalue weighted by Crippen LogP contribution is -2.15. The van der Waals surface area contributed by atoms with Gasteiger partial charge in [-0.3, -0.25) is 4.79 Å². The molecule has 8 heteroatoms. The molecule has 3 rings (SSSR count). The topological polar surface area (TPSA) is 57.9 Å². The Balaban J connectivity index is 2.14. The lowest BCUT2D eigenvalue weighted by atomic mass is 10.2. The highest BCUT2D eigenvalue weighted by atomic mass is 19.4. The zero-order valence-corrected chi connectivity index (χ0v) is 16.3. The second-order valence-corrected chi connectivity index (χ2v) is 6.47. The molecule has 0 saturated carbocycles. The van der Waals surface area contributed by atoms with Crippen molar-refractivity contribution in [1.29, 1.82) is 0 Å². The molecule has 0 bridgehead atoms. The van der Waals surface area contributed by atoms with Crippen molar-refractivity contribution >= 4 is 11.0 Å². The molecule has 2 aromatic carbocycles. The second-order valence-electron chi connectivity index (χ2n) is 6.47. The Morgan fingerprint density at radius 1 is 1.10 bits per heavy atom. The predicted molar refractivity (Wildman–Crippen MR) is 105 cm³/mol. The first-order valence-electron chi connectivity index (χ1n) is 9.05. The quantitative estimate of drug-likeness (QED) is 0.442. The third kappa shape index (κ3) is 4.59. The maximum Gasteiger partial charge on any atom is 0.453 e. The van der Waals surface area contributed by atoms with E-state index >= 15 is 0 Å². The standard InChI is InChI=1S/C22H19F3O5/c1-4-27-16-7-5-6-8-17(16)29-20-19(26)15-10-9-14(28-12-13(2)3)11-18(15)30-21(20)22(23,24)25/h5-11H,2,4,12H2,1,3H3. The summed E-state index contributed by atoms with van der Waals surface area (Å²) in [6.07, 6.45) is -4.96. The Morgan fingerprint density at radius 3 is 2.43 bits per heavy atom. The van der Waals surface area contributed by atoms with Gasteiger partial charge in [0, 0.05) is 6.07 Å². The van der Waals surface area contributed by atoms with E-state index in [0.717, 1.165) is 5.57 Å². The van der Waals surface area contributed by atoms with Gasteiger partial charge in [0.25, 0.3) is 5.76 Å². The number of halogens is 3. The molecule has 0 saturated heterocycles. The van der Waals surface area contributed by atoms with E-state index in [-0.39, 0.29) is 41.4 Å². The summed E-state index contributed by atoms with van der Waals surface area (Å²) in [4.78, 5) is 12.9. The molecule has 0 aliphatic carbocycles. The Kier molecular flexibility index (Phi) is 6.05. The largest absolute Gasteiger partial charge is 0.490 e. The molecule has 0 atom stereocenters. The van der Waals surface area contributed by atoms with Gasteiger partial charge in [-0.2, -0.15) is 13.2 Å². The number of benzene rings is 2. The molecule has 1 heterocycles. The maximum absolute atomic E-state index is 13.7. The van der Waals surface area contributed by atoms with Gasteiger partial charge in [-0.15, -0.1) is 0 Å². The van der Waals surface area contributed by atoms with E-state index in [1.54, 1.807) is 26.0 Å².